The number of anilines is 1. The van der Waals surface area contributed by atoms with E-state index in [1.807, 2.05) is 12.4 Å². The van der Waals surface area contributed by atoms with E-state index in [1.165, 1.54) is 43.5 Å². The van der Waals surface area contributed by atoms with Gasteiger partial charge < -0.3 is 10.2 Å². The Morgan fingerprint density at radius 1 is 1.44 bits per heavy atom. The van der Waals surface area contributed by atoms with Gasteiger partial charge in [-0.3, -0.25) is 4.98 Å². The average molecular weight is 247 g/mol. The summed E-state index contributed by atoms with van der Waals surface area (Å²) in [4.78, 5) is 6.77. The molecule has 0 bridgehead atoms. The number of aryl methyl sites for hydroxylation is 1. The second-order valence-corrected chi connectivity index (χ2v) is 5.21. The third kappa shape index (κ3) is 3.22. The van der Waals surface area contributed by atoms with Crippen molar-refractivity contribution in [3.05, 3.63) is 24.0 Å². The minimum Gasteiger partial charge on any atom is -0.367 e. The first-order chi connectivity index (χ1) is 8.83. The van der Waals surface area contributed by atoms with Crippen molar-refractivity contribution in [3.63, 3.8) is 0 Å². The lowest BCUT2D eigenvalue weighted by molar-refractivity contribution is 0.435. The summed E-state index contributed by atoms with van der Waals surface area (Å²) < 4.78 is 0. The van der Waals surface area contributed by atoms with Crippen LogP contribution < -0.4 is 10.2 Å². The van der Waals surface area contributed by atoms with E-state index in [0.717, 1.165) is 13.1 Å². The van der Waals surface area contributed by atoms with Gasteiger partial charge in [0.25, 0.3) is 0 Å². The lowest BCUT2D eigenvalue weighted by Crippen LogP contribution is -2.46. The summed E-state index contributed by atoms with van der Waals surface area (Å²) in [5.41, 5.74) is 2.66. The highest BCUT2D eigenvalue weighted by molar-refractivity contribution is 5.52. The molecule has 1 N–H and O–H groups in total. The molecule has 2 heterocycles. The van der Waals surface area contributed by atoms with Crippen LogP contribution in [0.2, 0.25) is 0 Å². The minimum atomic E-state index is 0.645. The van der Waals surface area contributed by atoms with Gasteiger partial charge in [0.2, 0.25) is 0 Å². The highest BCUT2D eigenvalue weighted by atomic mass is 15.2. The summed E-state index contributed by atoms with van der Waals surface area (Å²) in [6.07, 6.45) is 9.07. The Bertz CT molecular complexity index is 365. The van der Waals surface area contributed by atoms with Crippen molar-refractivity contribution in [2.45, 2.75) is 45.6 Å². The molecule has 100 valence electrons. The van der Waals surface area contributed by atoms with E-state index in [9.17, 15) is 0 Å². The zero-order valence-electron chi connectivity index (χ0n) is 11.7. The Labute approximate surface area is 111 Å². The van der Waals surface area contributed by atoms with Gasteiger partial charge in [-0.1, -0.05) is 6.92 Å². The zero-order chi connectivity index (χ0) is 12.8. The van der Waals surface area contributed by atoms with Gasteiger partial charge in [0.15, 0.2) is 0 Å². The van der Waals surface area contributed by atoms with Crippen molar-refractivity contribution >= 4 is 5.69 Å². The van der Waals surface area contributed by atoms with E-state index in [0.29, 0.717) is 6.04 Å². The van der Waals surface area contributed by atoms with E-state index in [-0.39, 0.29) is 0 Å². The van der Waals surface area contributed by atoms with E-state index in [1.54, 1.807) is 0 Å². The van der Waals surface area contributed by atoms with Crippen LogP contribution in [-0.2, 0) is 0 Å². The van der Waals surface area contributed by atoms with Crippen LogP contribution in [0.3, 0.4) is 0 Å². The summed E-state index contributed by atoms with van der Waals surface area (Å²) in [7, 11) is 0. The molecule has 1 atom stereocenters. The Hall–Kier alpha value is -1.09. The first-order valence-electron chi connectivity index (χ1n) is 7.21. The summed E-state index contributed by atoms with van der Waals surface area (Å²) >= 11 is 0. The lowest BCUT2D eigenvalue weighted by atomic mass is 10.0. The Morgan fingerprint density at radius 2 is 2.33 bits per heavy atom. The molecule has 0 radical (unpaired) electrons. The van der Waals surface area contributed by atoms with Crippen LogP contribution in [-0.4, -0.2) is 30.7 Å². The number of hydrogen-bond donors (Lipinski definition) is 1. The standard InChI is InChI=1S/C15H25N3/c1-3-8-16-12-14-6-4-5-10-18(14)15-7-9-17-11-13(15)2/h7,9,11,14,16H,3-6,8,10,12H2,1-2H3. The SMILES string of the molecule is CCCNCC1CCCCN1c1ccncc1C. The molecule has 1 aliphatic heterocycles. The molecule has 0 aliphatic carbocycles. The fraction of sp³-hybridized carbons (Fsp3) is 0.667. The molecule has 1 aliphatic rings. The molecule has 0 aromatic carbocycles. The third-order valence-electron chi connectivity index (χ3n) is 3.73. The molecule has 2 rings (SSSR count). The number of pyridine rings is 1. The maximum Gasteiger partial charge on any atom is 0.0429 e. The van der Waals surface area contributed by atoms with Crippen LogP contribution in [0.25, 0.3) is 0 Å². The summed E-state index contributed by atoms with van der Waals surface area (Å²) in [6, 6.07) is 2.81. The molecule has 0 amide bonds. The molecule has 1 fully saturated rings. The first-order valence-corrected chi connectivity index (χ1v) is 7.21. The van der Waals surface area contributed by atoms with Crippen molar-refractivity contribution in [3.8, 4) is 0 Å². The molecular formula is C15H25N3. The van der Waals surface area contributed by atoms with Crippen LogP contribution in [0.5, 0.6) is 0 Å². The molecule has 18 heavy (non-hydrogen) atoms. The first kappa shape index (κ1) is 13.3. The fourth-order valence-corrected chi connectivity index (χ4v) is 2.76. The maximum atomic E-state index is 4.20. The van der Waals surface area contributed by atoms with Crippen LogP contribution in [0, 0.1) is 6.92 Å². The van der Waals surface area contributed by atoms with Crippen LogP contribution >= 0.6 is 0 Å². The highest BCUT2D eigenvalue weighted by Crippen LogP contribution is 2.26. The second kappa shape index (κ2) is 6.74. The molecule has 0 spiro atoms. The van der Waals surface area contributed by atoms with Gasteiger partial charge in [0.1, 0.15) is 0 Å². The molecule has 1 unspecified atom stereocenters. The van der Waals surface area contributed by atoms with Gasteiger partial charge in [0, 0.05) is 37.2 Å². The molecule has 3 heteroatoms. The maximum absolute atomic E-state index is 4.20. The van der Waals surface area contributed by atoms with Gasteiger partial charge in [-0.2, -0.15) is 0 Å². The number of hydrogen-bond acceptors (Lipinski definition) is 3. The second-order valence-electron chi connectivity index (χ2n) is 5.21. The van der Waals surface area contributed by atoms with E-state index < -0.39 is 0 Å². The van der Waals surface area contributed by atoms with E-state index in [2.05, 4.69) is 35.1 Å². The molecule has 0 saturated carbocycles. The number of rotatable bonds is 5. The van der Waals surface area contributed by atoms with Crippen molar-refractivity contribution in [2.75, 3.05) is 24.5 Å². The third-order valence-corrected chi connectivity index (χ3v) is 3.73. The quantitative estimate of drug-likeness (QED) is 0.811. The topological polar surface area (TPSA) is 28.2 Å². The smallest absolute Gasteiger partial charge is 0.0429 e. The Morgan fingerprint density at radius 3 is 3.11 bits per heavy atom. The van der Waals surface area contributed by atoms with Gasteiger partial charge in [-0.05, 0) is 50.8 Å². The van der Waals surface area contributed by atoms with Gasteiger partial charge in [-0.15, -0.1) is 0 Å². The largest absolute Gasteiger partial charge is 0.367 e. The van der Waals surface area contributed by atoms with Crippen LogP contribution in [0.4, 0.5) is 5.69 Å². The fourth-order valence-electron chi connectivity index (χ4n) is 2.76. The number of piperidine rings is 1. The molecule has 3 nitrogen and oxygen atoms in total. The molecule has 1 aromatic heterocycles. The molecular weight excluding hydrogens is 222 g/mol. The molecule has 1 aromatic rings. The highest BCUT2D eigenvalue weighted by Gasteiger charge is 2.23. The normalized spacial score (nSPS) is 20.1. The predicted octanol–water partition coefficient (Wildman–Crippen LogP) is 2.75. The van der Waals surface area contributed by atoms with Crippen molar-refractivity contribution in [1.29, 1.82) is 0 Å². The van der Waals surface area contributed by atoms with Crippen LogP contribution in [0.1, 0.15) is 38.2 Å². The van der Waals surface area contributed by atoms with E-state index in [4.69, 9.17) is 0 Å². The van der Waals surface area contributed by atoms with Crippen LogP contribution in [0.15, 0.2) is 18.5 Å². The number of nitrogens with one attached hydrogen (secondary N) is 1. The zero-order valence-corrected chi connectivity index (χ0v) is 11.7. The Balaban J connectivity index is 2.05. The summed E-state index contributed by atoms with van der Waals surface area (Å²) in [6.45, 7) is 7.80. The summed E-state index contributed by atoms with van der Waals surface area (Å²) in [5.74, 6) is 0. The van der Waals surface area contributed by atoms with Crippen molar-refractivity contribution < 1.29 is 0 Å². The average Bonchev–Trinajstić information content (AvgIpc) is 2.40. The molecule has 1 saturated heterocycles. The lowest BCUT2D eigenvalue weighted by Gasteiger charge is -2.38. The number of nitrogens with zero attached hydrogens (tertiary/aromatic N) is 2. The van der Waals surface area contributed by atoms with Crippen molar-refractivity contribution in [2.24, 2.45) is 0 Å². The number of aromatic nitrogens is 1. The monoisotopic (exact) mass is 247 g/mol. The van der Waals surface area contributed by atoms with Gasteiger partial charge in [-0.25, -0.2) is 0 Å². The minimum absolute atomic E-state index is 0.645. The predicted molar refractivity (Wildman–Crippen MR) is 77.1 cm³/mol. The van der Waals surface area contributed by atoms with Gasteiger partial charge >= 0.3 is 0 Å². The Kier molecular flexibility index (Phi) is 5.00. The van der Waals surface area contributed by atoms with Gasteiger partial charge in [0.05, 0.1) is 0 Å². The van der Waals surface area contributed by atoms with E-state index >= 15 is 0 Å². The summed E-state index contributed by atoms with van der Waals surface area (Å²) in [5, 5.41) is 3.57. The van der Waals surface area contributed by atoms with Crippen molar-refractivity contribution in [1.82, 2.24) is 10.3 Å².